The Bertz CT molecular complexity index is 766. The van der Waals surface area contributed by atoms with Crippen molar-refractivity contribution in [1.82, 2.24) is 0 Å². The van der Waals surface area contributed by atoms with Crippen molar-refractivity contribution in [3.63, 3.8) is 0 Å². The van der Waals surface area contributed by atoms with Gasteiger partial charge in [-0.3, -0.25) is 0 Å². The first-order valence-electron chi connectivity index (χ1n) is 7.99. The van der Waals surface area contributed by atoms with Crippen LogP contribution in [0.15, 0.2) is 60.7 Å². The molecule has 0 amide bonds. The van der Waals surface area contributed by atoms with Gasteiger partial charge < -0.3 is 14.9 Å². The van der Waals surface area contributed by atoms with Gasteiger partial charge in [-0.15, -0.1) is 0 Å². The molecule has 25 heavy (non-hydrogen) atoms. The summed E-state index contributed by atoms with van der Waals surface area (Å²) in [5.41, 5.74) is -2.22. The van der Waals surface area contributed by atoms with Crippen molar-refractivity contribution < 1.29 is 19.7 Å². The molecule has 0 unspecified atom stereocenters. The summed E-state index contributed by atoms with van der Waals surface area (Å²) >= 11 is 0. The average molecular weight is 338 g/mol. The zero-order chi connectivity index (χ0) is 18.5. The van der Waals surface area contributed by atoms with Crippen molar-refractivity contribution in [2.24, 2.45) is 0 Å². The maximum absolute atomic E-state index is 12.6. The molecule has 0 saturated carbocycles. The number of esters is 1. The van der Waals surface area contributed by atoms with Gasteiger partial charge in [0.05, 0.1) is 0 Å². The smallest absolute Gasteiger partial charge is 0.354 e. The van der Waals surface area contributed by atoms with Gasteiger partial charge >= 0.3 is 5.97 Å². The quantitative estimate of drug-likeness (QED) is 0.667. The van der Waals surface area contributed by atoms with Crippen LogP contribution in [0.25, 0.3) is 0 Å². The molecule has 0 heterocycles. The Morgan fingerprint density at radius 1 is 1.00 bits per heavy atom. The Labute approximate surface area is 148 Å². The lowest BCUT2D eigenvalue weighted by Gasteiger charge is -2.30. The highest BCUT2D eigenvalue weighted by atomic mass is 16.6. The molecule has 0 fully saturated rings. The molecule has 2 aromatic carbocycles. The van der Waals surface area contributed by atoms with E-state index in [0.717, 1.165) is 0 Å². The second kappa shape index (κ2) is 7.52. The lowest BCUT2D eigenvalue weighted by molar-refractivity contribution is -0.180. The number of aliphatic hydroxyl groups is 2. The first kappa shape index (κ1) is 18.7. The van der Waals surface area contributed by atoms with Gasteiger partial charge in [0.2, 0.25) is 0 Å². The van der Waals surface area contributed by atoms with Crippen LogP contribution in [-0.4, -0.2) is 27.4 Å². The van der Waals surface area contributed by atoms with Crippen molar-refractivity contribution in [1.29, 1.82) is 0 Å². The fourth-order valence-electron chi connectivity index (χ4n) is 2.15. The van der Waals surface area contributed by atoms with E-state index in [9.17, 15) is 15.0 Å². The normalized spacial score (nSPS) is 14.6. The number of hydrogen-bond acceptors (Lipinski definition) is 4. The molecule has 0 bridgehead atoms. The highest BCUT2D eigenvalue weighted by molar-refractivity contribution is 5.85. The molecule has 0 aliphatic rings. The zero-order valence-electron chi connectivity index (χ0n) is 14.6. The monoisotopic (exact) mass is 338 g/mol. The molecule has 2 atom stereocenters. The molecule has 0 spiro atoms. The standard InChI is InChI=1S/C21H22O4/c1-20(2,3)25-19(23)21(24,15-14-16-10-6-4-7-11-16)18(22)17-12-8-5-9-13-17/h4-13,18,22,24H,1-3H3/t18-,21+/m1/s1. The van der Waals surface area contributed by atoms with E-state index in [-0.39, 0.29) is 0 Å². The molecule has 130 valence electrons. The molecule has 0 aromatic heterocycles. The van der Waals surface area contributed by atoms with Crippen LogP contribution in [0.2, 0.25) is 0 Å². The predicted octanol–water partition coefficient (Wildman–Crippen LogP) is 2.84. The minimum absolute atomic E-state index is 0.373. The van der Waals surface area contributed by atoms with Gasteiger partial charge in [-0.05, 0) is 44.4 Å². The zero-order valence-corrected chi connectivity index (χ0v) is 14.6. The summed E-state index contributed by atoms with van der Waals surface area (Å²) in [4.78, 5) is 12.6. The molecule has 4 heteroatoms. The second-order valence-electron chi connectivity index (χ2n) is 6.70. The second-order valence-corrected chi connectivity index (χ2v) is 6.70. The first-order valence-corrected chi connectivity index (χ1v) is 7.99. The third kappa shape index (κ3) is 4.93. The van der Waals surface area contributed by atoms with E-state index >= 15 is 0 Å². The van der Waals surface area contributed by atoms with Gasteiger partial charge in [-0.2, -0.15) is 0 Å². The highest BCUT2D eigenvalue weighted by Gasteiger charge is 2.46. The molecule has 2 aromatic rings. The van der Waals surface area contributed by atoms with Gasteiger partial charge in [0.25, 0.3) is 5.60 Å². The minimum Gasteiger partial charge on any atom is -0.457 e. The van der Waals surface area contributed by atoms with E-state index in [1.807, 2.05) is 6.07 Å². The summed E-state index contributed by atoms with van der Waals surface area (Å²) in [6.45, 7) is 5.06. The lowest BCUT2D eigenvalue weighted by Crippen LogP contribution is -2.47. The molecular weight excluding hydrogens is 316 g/mol. The van der Waals surface area contributed by atoms with Crippen LogP contribution in [-0.2, 0) is 9.53 Å². The van der Waals surface area contributed by atoms with E-state index in [0.29, 0.717) is 11.1 Å². The Kier molecular flexibility index (Phi) is 5.63. The summed E-state index contributed by atoms with van der Waals surface area (Å²) in [6.07, 6.45) is -1.54. The van der Waals surface area contributed by atoms with Gasteiger partial charge in [0.15, 0.2) is 0 Å². The molecule has 2 rings (SSSR count). The van der Waals surface area contributed by atoms with E-state index in [1.54, 1.807) is 75.4 Å². The van der Waals surface area contributed by atoms with Gasteiger partial charge in [-0.25, -0.2) is 4.79 Å². The lowest BCUT2D eigenvalue weighted by atomic mass is 9.91. The van der Waals surface area contributed by atoms with Crippen molar-refractivity contribution >= 4 is 5.97 Å². The minimum atomic E-state index is -2.38. The molecule has 0 aliphatic carbocycles. The molecule has 0 saturated heterocycles. The third-order valence-electron chi connectivity index (χ3n) is 3.39. The van der Waals surface area contributed by atoms with E-state index in [4.69, 9.17) is 4.74 Å². The molecule has 4 nitrogen and oxygen atoms in total. The van der Waals surface area contributed by atoms with E-state index < -0.39 is 23.3 Å². The topological polar surface area (TPSA) is 66.8 Å². The summed E-state index contributed by atoms with van der Waals surface area (Å²) in [5.74, 6) is 4.27. The van der Waals surface area contributed by atoms with Gasteiger partial charge in [0.1, 0.15) is 11.7 Å². The Balaban J connectivity index is 2.44. The van der Waals surface area contributed by atoms with Crippen LogP contribution >= 0.6 is 0 Å². The van der Waals surface area contributed by atoms with Crippen molar-refractivity contribution in [3.05, 3.63) is 71.8 Å². The Morgan fingerprint density at radius 2 is 1.52 bits per heavy atom. The van der Waals surface area contributed by atoms with Gasteiger partial charge in [-0.1, -0.05) is 54.5 Å². The Hall–Kier alpha value is -2.61. The van der Waals surface area contributed by atoms with Crippen LogP contribution in [0.1, 0.15) is 38.0 Å². The fraction of sp³-hybridized carbons (Fsp3) is 0.286. The van der Waals surface area contributed by atoms with Crippen LogP contribution in [0.3, 0.4) is 0 Å². The van der Waals surface area contributed by atoms with E-state index in [1.165, 1.54) is 0 Å². The summed E-state index contributed by atoms with van der Waals surface area (Å²) in [6, 6.07) is 17.3. The number of ether oxygens (including phenoxy) is 1. The number of hydrogen-bond donors (Lipinski definition) is 2. The molecule has 0 aliphatic heterocycles. The number of carbonyl (C=O) groups is 1. The number of aliphatic hydroxyl groups excluding tert-OH is 1. The number of carbonyl (C=O) groups excluding carboxylic acids is 1. The van der Waals surface area contributed by atoms with Crippen LogP contribution < -0.4 is 0 Å². The van der Waals surface area contributed by atoms with Crippen LogP contribution in [0, 0.1) is 11.8 Å². The van der Waals surface area contributed by atoms with Gasteiger partial charge in [0, 0.05) is 5.56 Å². The number of benzene rings is 2. The molecule has 0 radical (unpaired) electrons. The first-order chi connectivity index (χ1) is 11.7. The highest BCUT2D eigenvalue weighted by Crippen LogP contribution is 2.28. The molecular formula is C21H22O4. The van der Waals surface area contributed by atoms with Crippen LogP contribution in [0.5, 0.6) is 0 Å². The summed E-state index contributed by atoms with van der Waals surface area (Å²) in [7, 11) is 0. The third-order valence-corrected chi connectivity index (χ3v) is 3.39. The number of rotatable bonds is 3. The van der Waals surface area contributed by atoms with Crippen LogP contribution in [0.4, 0.5) is 0 Å². The Morgan fingerprint density at radius 3 is 2.04 bits per heavy atom. The summed E-state index contributed by atoms with van der Waals surface area (Å²) in [5, 5.41) is 21.6. The summed E-state index contributed by atoms with van der Waals surface area (Å²) < 4.78 is 5.28. The predicted molar refractivity (Wildman–Crippen MR) is 95.5 cm³/mol. The van der Waals surface area contributed by atoms with Crippen molar-refractivity contribution in [3.8, 4) is 11.8 Å². The maximum Gasteiger partial charge on any atom is 0.354 e. The van der Waals surface area contributed by atoms with E-state index in [2.05, 4.69) is 11.8 Å². The molecule has 2 N–H and O–H groups in total. The SMILES string of the molecule is CC(C)(C)OC(=O)[C@](O)(C#Cc1ccccc1)[C@H](O)c1ccccc1. The largest absolute Gasteiger partial charge is 0.457 e. The van der Waals surface area contributed by atoms with Crippen molar-refractivity contribution in [2.75, 3.05) is 0 Å². The maximum atomic E-state index is 12.6. The van der Waals surface area contributed by atoms with Crippen molar-refractivity contribution in [2.45, 2.75) is 38.1 Å². The fourth-order valence-corrected chi connectivity index (χ4v) is 2.15. The average Bonchev–Trinajstić information content (AvgIpc) is 2.59.